The lowest BCUT2D eigenvalue weighted by atomic mass is 9.96. The highest BCUT2D eigenvalue weighted by Crippen LogP contribution is 2.19. The SMILES string of the molecule is Cc1ccc(CNC(=O)N2CCC(C(=O)Nc3ccccc3)CC2)cc1. The van der Waals surface area contributed by atoms with Gasteiger partial charge in [0.05, 0.1) is 0 Å². The molecule has 3 rings (SSSR count). The third-order valence-corrected chi connectivity index (χ3v) is 4.76. The molecule has 0 unspecified atom stereocenters. The zero-order chi connectivity index (χ0) is 18.4. The minimum absolute atomic E-state index is 0.0379. The van der Waals surface area contributed by atoms with E-state index in [9.17, 15) is 9.59 Å². The van der Waals surface area contributed by atoms with E-state index in [2.05, 4.69) is 10.6 Å². The molecule has 0 bridgehead atoms. The van der Waals surface area contributed by atoms with Gasteiger partial charge in [0, 0.05) is 31.2 Å². The van der Waals surface area contributed by atoms with Gasteiger partial charge >= 0.3 is 6.03 Å². The summed E-state index contributed by atoms with van der Waals surface area (Å²) in [6, 6.07) is 17.5. The first-order chi connectivity index (χ1) is 12.6. The first-order valence-electron chi connectivity index (χ1n) is 9.06. The zero-order valence-electron chi connectivity index (χ0n) is 15.1. The number of aryl methyl sites for hydroxylation is 1. The molecule has 0 aromatic heterocycles. The van der Waals surface area contributed by atoms with Crippen LogP contribution in [0.3, 0.4) is 0 Å². The second kappa shape index (κ2) is 8.52. The minimum Gasteiger partial charge on any atom is -0.334 e. The summed E-state index contributed by atoms with van der Waals surface area (Å²) in [5, 5.41) is 5.91. The largest absolute Gasteiger partial charge is 0.334 e. The van der Waals surface area contributed by atoms with Crippen molar-refractivity contribution in [1.82, 2.24) is 10.2 Å². The summed E-state index contributed by atoms with van der Waals surface area (Å²) in [6.45, 7) is 3.77. The number of rotatable bonds is 4. The molecule has 0 atom stereocenters. The lowest BCUT2D eigenvalue weighted by Gasteiger charge is -2.31. The van der Waals surface area contributed by atoms with Gasteiger partial charge in [-0.1, -0.05) is 48.0 Å². The second-order valence-corrected chi connectivity index (χ2v) is 6.76. The van der Waals surface area contributed by atoms with Crippen molar-refractivity contribution in [2.45, 2.75) is 26.3 Å². The van der Waals surface area contributed by atoms with Gasteiger partial charge in [-0.2, -0.15) is 0 Å². The van der Waals surface area contributed by atoms with Crippen molar-refractivity contribution in [1.29, 1.82) is 0 Å². The van der Waals surface area contributed by atoms with E-state index in [0.29, 0.717) is 32.5 Å². The van der Waals surface area contributed by atoms with Crippen LogP contribution in [0, 0.1) is 12.8 Å². The van der Waals surface area contributed by atoms with Crippen LogP contribution in [0.2, 0.25) is 0 Å². The Morgan fingerprint density at radius 1 is 1.00 bits per heavy atom. The van der Waals surface area contributed by atoms with Gasteiger partial charge in [-0.25, -0.2) is 4.79 Å². The number of nitrogens with one attached hydrogen (secondary N) is 2. The van der Waals surface area contributed by atoms with Crippen LogP contribution < -0.4 is 10.6 Å². The van der Waals surface area contributed by atoms with Crippen molar-refractivity contribution in [2.24, 2.45) is 5.92 Å². The summed E-state index contributed by atoms with van der Waals surface area (Å²) in [6.07, 6.45) is 1.38. The Hall–Kier alpha value is -2.82. The van der Waals surface area contributed by atoms with Gasteiger partial charge < -0.3 is 15.5 Å². The normalized spacial score (nSPS) is 14.7. The summed E-state index contributed by atoms with van der Waals surface area (Å²) >= 11 is 0. The Balaban J connectivity index is 1.43. The third kappa shape index (κ3) is 4.85. The fourth-order valence-corrected chi connectivity index (χ4v) is 3.11. The number of carbonyl (C=O) groups excluding carboxylic acids is 2. The molecule has 0 spiro atoms. The molecule has 5 nitrogen and oxygen atoms in total. The van der Waals surface area contributed by atoms with Crippen LogP contribution in [0.4, 0.5) is 10.5 Å². The number of hydrogen-bond donors (Lipinski definition) is 2. The fraction of sp³-hybridized carbons (Fsp3) is 0.333. The van der Waals surface area contributed by atoms with Crippen LogP contribution in [0.5, 0.6) is 0 Å². The number of piperidine rings is 1. The van der Waals surface area contributed by atoms with Crippen LogP contribution >= 0.6 is 0 Å². The molecule has 1 aliphatic heterocycles. The standard InChI is InChI=1S/C21H25N3O2/c1-16-7-9-17(10-8-16)15-22-21(26)24-13-11-18(12-14-24)20(25)23-19-5-3-2-4-6-19/h2-10,18H,11-15H2,1H3,(H,22,26)(H,23,25). The van der Waals surface area contributed by atoms with E-state index in [4.69, 9.17) is 0 Å². The molecule has 136 valence electrons. The molecule has 0 saturated carbocycles. The molecule has 26 heavy (non-hydrogen) atoms. The Bertz CT molecular complexity index is 736. The first kappa shape index (κ1) is 18.0. The Morgan fingerprint density at radius 2 is 1.65 bits per heavy atom. The van der Waals surface area contributed by atoms with Crippen molar-refractivity contribution < 1.29 is 9.59 Å². The van der Waals surface area contributed by atoms with Gasteiger partial charge in [0.25, 0.3) is 0 Å². The van der Waals surface area contributed by atoms with Crippen LogP contribution in [0.1, 0.15) is 24.0 Å². The van der Waals surface area contributed by atoms with Crippen molar-refractivity contribution in [3.8, 4) is 0 Å². The van der Waals surface area contributed by atoms with E-state index in [1.807, 2.05) is 61.5 Å². The molecule has 1 heterocycles. The average molecular weight is 351 g/mol. The smallest absolute Gasteiger partial charge is 0.317 e. The summed E-state index contributed by atoms with van der Waals surface area (Å²) < 4.78 is 0. The monoisotopic (exact) mass is 351 g/mol. The molecule has 2 aromatic rings. The van der Waals surface area contributed by atoms with Crippen molar-refractivity contribution in [3.63, 3.8) is 0 Å². The van der Waals surface area contributed by atoms with E-state index in [1.165, 1.54) is 5.56 Å². The van der Waals surface area contributed by atoms with Gasteiger partial charge in [-0.15, -0.1) is 0 Å². The average Bonchev–Trinajstić information content (AvgIpc) is 2.68. The molecular formula is C21H25N3O2. The van der Waals surface area contributed by atoms with Gasteiger partial charge in [0.1, 0.15) is 0 Å². The summed E-state index contributed by atoms with van der Waals surface area (Å²) in [4.78, 5) is 26.5. The lowest BCUT2D eigenvalue weighted by molar-refractivity contribution is -0.121. The Kier molecular flexibility index (Phi) is 5.89. The number of carbonyl (C=O) groups is 2. The van der Waals surface area contributed by atoms with Crippen LogP contribution in [-0.4, -0.2) is 29.9 Å². The van der Waals surface area contributed by atoms with Gasteiger partial charge in [0.15, 0.2) is 0 Å². The van der Waals surface area contributed by atoms with Crippen LogP contribution in [-0.2, 0) is 11.3 Å². The molecule has 5 heteroatoms. The number of amides is 3. The maximum Gasteiger partial charge on any atom is 0.317 e. The van der Waals surface area contributed by atoms with E-state index >= 15 is 0 Å². The lowest BCUT2D eigenvalue weighted by Crippen LogP contribution is -2.45. The number of anilines is 1. The highest BCUT2D eigenvalue weighted by molar-refractivity contribution is 5.92. The van der Waals surface area contributed by atoms with Crippen molar-refractivity contribution in [2.75, 3.05) is 18.4 Å². The van der Waals surface area contributed by atoms with Gasteiger partial charge in [-0.05, 0) is 37.5 Å². The summed E-state index contributed by atoms with van der Waals surface area (Å²) in [7, 11) is 0. The molecule has 0 aliphatic carbocycles. The summed E-state index contributed by atoms with van der Waals surface area (Å²) in [5.74, 6) is -0.00716. The molecule has 1 aliphatic rings. The van der Waals surface area contributed by atoms with Crippen molar-refractivity contribution >= 4 is 17.6 Å². The topological polar surface area (TPSA) is 61.4 Å². The molecule has 0 radical (unpaired) electrons. The number of urea groups is 1. The highest BCUT2D eigenvalue weighted by atomic mass is 16.2. The summed E-state index contributed by atoms with van der Waals surface area (Å²) in [5.41, 5.74) is 3.10. The molecule has 1 fully saturated rings. The molecule has 2 N–H and O–H groups in total. The second-order valence-electron chi connectivity index (χ2n) is 6.76. The number of para-hydroxylation sites is 1. The highest BCUT2D eigenvalue weighted by Gasteiger charge is 2.27. The molecule has 3 amide bonds. The fourth-order valence-electron chi connectivity index (χ4n) is 3.11. The number of nitrogens with zero attached hydrogens (tertiary/aromatic N) is 1. The predicted octanol–water partition coefficient (Wildman–Crippen LogP) is 3.56. The van der Waals surface area contributed by atoms with E-state index in [-0.39, 0.29) is 17.9 Å². The molecule has 2 aromatic carbocycles. The maximum absolute atomic E-state index is 12.4. The Labute approximate surface area is 154 Å². The zero-order valence-corrected chi connectivity index (χ0v) is 15.1. The Morgan fingerprint density at radius 3 is 2.31 bits per heavy atom. The molecular weight excluding hydrogens is 326 g/mol. The maximum atomic E-state index is 12.4. The van der Waals surface area contributed by atoms with E-state index in [1.54, 1.807) is 4.90 Å². The number of likely N-dealkylation sites (tertiary alicyclic amines) is 1. The van der Waals surface area contributed by atoms with Crippen LogP contribution in [0.15, 0.2) is 54.6 Å². The number of hydrogen-bond acceptors (Lipinski definition) is 2. The van der Waals surface area contributed by atoms with Crippen molar-refractivity contribution in [3.05, 3.63) is 65.7 Å². The van der Waals surface area contributed by atoms with Crippen LogP contribution in [0.25, 0.3) is 0 Å². The van der Waals surface area contributed by atoms with E-state index in [0.717, 1.165) is 11.3 Å². The quantitative estimate of drug-likeness (QED) is 0.885. The molecule has 1 saturated heterocycles. The minimum atomic E-state index is -0.0625. The van der Waals surface area contributed by atoms with Gasteiger partial charge in [0.2, 0.25) is 5.91 Å². The first-order valence-corrected chi connectivity index (χ1v) is 9.06. The van der Waals surface area contributed by atoms with Gasteiger partial charge in [-0.3, -0.25) is 4.79 Å². The number of benzene rings is 2. The predicted molar refractivity (Wildman–Crippen MR) is 103 cm³/mol. The van der Waals surface area contributed by atoms with E-state index < -0.39 is 0 Å². The third-order valence-electron chi connectivity index (χ3n) is 4.76.